The summed E-state index contributed by atoms with van der Waals surface area (Å²) in [5.74, 6) is -0.127. The maximum atomic E-state index is 12.8. The van der Waals surface area contributed by atoms with Crippen LogP contribution in [-0.4, -0.2) is 60.5 Å². The van der Waals surface area contributed by atoms with Crippen molar-refractivity contribution >= 4 is 35.5 Å². The van der Waals surface area contributed by atoms with E-state index in [-0.39, 0.29) is 5.91 Å². The molecule has 4 N–H and O–H groups in total. The number of nitrogens with zero attached hydrogens (tertiary/aromatic N) is 1. The second-order valence-electron chi connectivity index (χ2n) is 9.99. The molecule has 0 bridgehead atoms. The van der Waals surface area contributed by atoms with Gasteiger partial charge in [0.05, 0.1) is 22.9 Å². The topological polar surface area (TPSA) is 122 Å². The van der Waals surface area contributed by atoms with Gasteiger partial charge >= 0.3 is 5.97 Å². The molecule has 1 unspecified atom stereocenters. The van der Waals surface area contributed by atoms with Gasteiger partial charge in [0.25, 0.3) is 5.91 Å². The van der Waals surface area contributed by atoms with Crippen LogP contribution in [0.5, 0.6) is 5.75 Å². The number of hydrogen-bond donors (Lipinski definition) is 3. The van der Waals surface area contributed by atoms with Crippen molar-refractivity contribution in [2.45, 2.75) is 83.1 Å². The van der Waals surface area contributed by atoms with Crippen molar-refractivity contribution in [3.63, 3.8) is 0 Å². The average molecular weight is 522 g/mol. The first kappa shape index (κ1) is 28.3. The SMILES string of the molecule is Nc1c(Cl)cc(C(=O)NCC2CCN(C(CCCCCCCCCC=O)C(=O)O)CC2)c2c1CCO2. The van der Waals surface area contributed by atoms with E-state index >= 15 is 0 Å². The molecular weight excluding hydrogens is 482 g/mol. The predicted molar refractivity (Wildman–Crippen MR) is 141 cm³/mol. The largest absolute Gasteiger partial charge is 0.492 e. The fourth-order valence-corrected chi connectivity index (χ4v) is 5.47. The number of halogens is 1. The third-order valence-electron chi connectivity index (χ3n) is 7.44. The first-order valence-electron chi connectivity index (χ1n) is 13.3. The summed E-state index contributed by atoms with van der Waals surface area (Å²) in [6.45, 7) is 2.47. The van der Waals surface area contributed by atoms with Crippen LogP contribution in [0, 0.1) is 5.92 Å². The molecule has 1 aromatic carbocycles. The van der Waals surface area contributed by atoms with Crippen LogP contribution in [0.2, 0.25) is 5.02 Å². The van der Waals surface area contributed by atoms with E-state index in [2.05, 4.69) is 10.2 Å². The van der Waals surface area contributed by atoms with Crippen LogP contribution in [-0.2, 0) is 16.0 Å². The number of amides is 1. The lowest BCUT2D eigenvalue weighted by molar-refractivity contribution is -0.144. The van der Waals surface area contributed by atoms with Gasteiger partial charge in [-0.25, -0.2) is 0 Å². The first-order chi connectivity index (χ1) is 17.4. The Morgan fingerprint density at radius 1 is 1.17 bits per heavy atom. The number of carbonyl (C=O) groups is 3. The highest BCUT2D eigenvalue weighted by Gasteiger charge is 2.30. The van der Waals surface area contributed by atoms with E-state index in [1.165, 1.54) is 0 Å². The number of nitrogens with two attached hydrogens (primary N) is 1. The van der Waals surface area contributed by atoms with Gasteiger partial charge < -0.3 is 25.7 Å². The number of likely N-dealkylation sites (tertiary alicyclic amines) is 1. The molecule has 0 saturated carbocycles. The monoisotopic (exact) mass is 521 g/mol. The highest BCUT2D eigenvalue weighted by atomic mass is 35.5. The van der Waals surface area contributed by atoms with Gasteiger partial charge in [0.1, 0.15) is 18.1 Å². The first-order valence-corrected chi connectivity index (χ1v) is 13.7. The second kappa shape index (κ2) is 14.4. The zero-order valence-electron chi connectivity index (χ0n) is 21.1. The maximum absolute atomic E-state index is 12.8. The number of ether oxygens (including phenoxy) is 1. The number of hydrogen-bond acceptors (Lipinski definition) is 6. The number of benzene rings is 1. The average Bonchev–Trinajstić information content (AvgIpc) is 3.36. The fourth-order valence-electron chi connectivity index (χ4n) is 5.25. The van der Waals surface area contributed by atoms with E-state index in [1.807, 2.05) is 0 Å². The van der Waals surface area contributed by atoms with Crippen LogP contribution < -0.4 is 15.8 Å². The predicted octanol–water partition coefficient (Wildman–Crippen LogP) is 4.46. The summed E-state index contributed by atoms with van der Waals surface area (Å²) in [5.41, 5.74) is 7.73. The molecule has 0 aromatic heterocycles. The van der Waals surface area contributed by atoms with Gasteiger partial charge in [0, 0.05) is 24.9 Å². The molecule has 2 aliphatic heterocycles. The van der Waals surface area contributed by atoms with E-state index in [1.54, 1.807) is 6.07 Å². The second-order valence-corrected chi connectivity index (χ2v) is 10.4. The molecule has 1 saturated heterocycles. The third-order valence-corrected chi connectivity index (χ3v) is 7.75. The van der Waals surface area contributed by atoms with Crippen molar-refractivity contribution < 1.29 is 24.2 Å². The summed E-state index contributed by atoms with van der Waals surface area (Å²) in [7, 11) is 0. The molecule has 1 atom stereocenters. The molecule has 9 heteroatoms. The van der Waals surface area contributed by atoms with Crippen LogP contribution in [0.4, 0.5) is 5.69 Å². The Morgan fingerprint density at radius 3 is 2.50 bits per heavy atom. The van der Waals surface area contributed by atoms with Crippen LogP contribution in [0.15, 0.2) is 6.07 Å². The Labute approximate surface area is 218 Å². The molecule has 1 fully saturated rings. The standard InChI is InChI=1S/C27H40ClN3O5/c28-22-17-21(25-20(24(22)29)12-16-36-25)26(33)30-18-19-10-13-31(14-11-19)23(27(34)35)9-7-5-3-1-2-4-6-8-15-32/h15,17,19,23H,1-14,16,18,29H2,(H,30,33)(H,34,35). The summed E-state index contributed by atoms with van der Waals surface area (Å²) >= 11 is 6.22. The molecular formula is C27H40ClN3O5. The molecule has 2 aliphatic rings. The molecule has 0 aliphatic carbocycles. The molecule has 3 rings (SSSR count). The number of aliphatic carboxylic acids is 1. The number of rotatable bonds is 15. The van der Waals surface area contributed by atoms with Crippen LogP contribution in [0.3, 0.4) is 0 Å². The van der Waals surface area contributed by atoms with Gasteiger partial charge in [0.2, 0.25) is 0 Å². The molecule has 1 amide bonds. The molecule has 36 heavy (non-hydrogen) atoms. The van der Waals surface area contributed by atoms with Crippen molar-refractivity contribution in [1.29, 1.82) is 0 Å². The number of anilines is 1. The summed E-state index contributed by atoms with van der Waals surface area (Å²) in [4.78, 5) is 37.2. The zero-order valence-corrected chi connectivity index (χ0v) is 21.9. The third kappa shape index (κ3) is 7.84. The lowest BCUT2D eigenvalue weighted by Crippen LogP contribution is -2.47. The van der Waals surface area contributed by atoms with Crippen LogP contribution in [0.25, 0.3) is 0 Å². The number of aldehydes is 1. The van der Waals surface area contributed by atoms with E-state index < -0.39 is 12.0 Å². The molecule has 1 aromatic rings. The van der Waals surface area contributed by atoms with Crippen LogP contribution in [0.1, 0.15) is 86.6 Å². The summed E-state index contributed by atoms with van der Waals surface area (Å²) in [6.07, 6.45) is 12.1. The van der Waals surface area contributed by atoms with Gasteiger partial charge in [0.15, 0.2) is 0 Å². The lowest BCUT2D eigenvalue weighted by Gasteiger charge is -2.35. The highest BCUT2D eigenvalue weighted by Crippen LogP contribution is 2.38. The minimum atomic E-state index is -0.746. The fraction of sp³-hybridized carbons (Fsp3) is 0.667. The number of carboxylic acids is 1. The van der Waals surface area contributed by atoms with E-state index in [0.717, 1.165) is 82.7 Å². The van der Waals surface area contributed by atoms with Gasteiger partial charge in [-0.3, -0.25) is 14.5 Å². The summed E-state index contributed by atoms with van der Waals surface area (Å²) < 4.78 is 5.64. The van der Waals surface area contributed by atoms with Crippen molar-refractivity contribution in [3.05, 3.63) is 22.2 Å². The van der Waals surface area contributed by atoms with Gasteiger partial charge in [-0.15, -0.1) is 0 Å². The number of fused-ring (bicyclic) bond motifs is 1. The quantitative estimate of drug-likeness (QED) is 0.177. The molecule has 0 radical (unpaired) electrons. The molecule has 8 nitrogen and oxygen atoms in total. The minimum absolute atomic E-state index is 0.218. The number of piperidine rings is 1. The van der Waals surface area contributed by atoms with Gasteiger partial charge in [-0.1, -0.05) is 50.1 Å². The Morgan fingerprint density at radius 2 is 1.83 bits per heavy atom. The van der Waals surface area contributed by atoms with E-state index in [0.29, 0.717) is 60.4 Å². The minimum Gasteiger partial charge on any atom is -0.492 e. The zero-order chi connectivity index (χ0) is 25.9. The smallest absolute Gasteiger partial charge is 0.320 e. The number of nitrogens with one attached hydrogen (secondary N) is 1. The maximum Gasteiger partial charge on any atom is 0.320 e. The molecule has 2 heterocycles. The number of carbonyl (C=O) groups excluding carboxylic acids is 2. The van der Waals surface area contributed by atoms with Gasteiger partial charge in [-0.2, -0.15) is 0 Å². The lowest BCUT2D eigenvalue weighted by atomic mass is 9.94. The summed E-state index contributed by atoms with van der Waals surface area (Å²) in [5, 5.41) is 13.2. The van der Waals surface area contributed by atoms with Crippen LogP contribution >= 0.6 is 11.6 Å². The Balaban J connectivity index is 1.37. The van der Waals surface area contributed by atoms with E-state index in [9.17, 15) is 19.5 Å². The number of unbranched alkanes of at least 4 members (excludes halogenated alkanes) is 7. The van der Waals surface area contributed by atoms with Crippen molar-refractivity contribution in [1.82, 2.24) is 10.2 Å². The Hall–Kier alpha value is -2.32. The number of nitrogen functional groups attached to an aromatic ring is 1. The molecule has 200 valence electrons. The summed E-state index contributed by atoms with van der Waals surface area (Å²) in [6, 6.07) is 1.13. The highest BCUT2D eigenvalue weighted by molar-refractivity contribution is 6.33. The van der Waals surface area contributed by atoms with Crippen molar-refractivity contribution in [2.75, 3.05) is 32.0 Å². The normalized spacial score (nSPS) is 16.8. The van der Waals surface area contributed by atoms with Crippen molar-refractivity contribution in [2.24, 2.45) is 5.92 Å². The van der Waals surface area contributed by atoms with E-state index in [4.69, 9.17) is 22.1 Å². The molecule has 0 spiro atoms. The Bertz CT molecular complexity index is 902. The Kier molecular flexibility index (Phi) is 11.3. The van der Waals surface area contributed by atoms with Crippen molar-refractivity contribution in [3.8, 4) is 5.75 Å². The number of carboxylic acid groups (broad SMARTS) is 1. The van der Waals surface area contributed by atoms with Gasteiger partial charge in [-0.05, 0) is 50.8 Å².